The first-order valence-corrected chi connectivity index (χ1v) is 5.42. The van der Waals surface area contributed by atoms with Crippen LogP contribution in [0.15, 0.2) is 41.1 Å². The second kappa shape index (κ2) is 3.66. The number of oxazole rings is 1. The Hall–Kier alpha value is -2.23. The molecule has 3 heterocycles. The summed E-state index contributed by atoms with van der Waals surface area (Å²) in [5.41, 5.74) is 3.54. The smallest absolute Gasteiger partial charge is 0.368 e. The zero-order valence-electron chi connectivity index (χ0n) is 9.71. The first-order chi connectivity index (χ1) is 8.25. The third-order valence-corrected chi connectivity index (χ3v) is 2.71. The first-order valence-electron chi connectivity index (χ1n) is 5.42. The summed E-state index contributed by atoms with van der Waals surface area (Å²) in [6.45, 7) is 2.01. The van der Waals surface area contributed by atoms with Crippen molar-refractivity contribution in [1.82, 2.24) is 9.97 Å². The molecule has 0 fully saturated rings. The normalized spacial score (nSPS) is 10.9. The number of aromatic nitrogens is 3. The van der Waals surface area contributed by atoms with Crippen LogP contribution in [0.5, 0.6) is 0 Å². The van der Waals surface area contributed by atoms with Crippen LogP contribution in [0.4, 0.5) is 0 Å². The Bertz CT molecular complexity index is 671. The van der Waals surface area contributed by atoms with Crippen molar-refractivity contribution in [3.63, 3.8) is 0 Å². The van der Waals surface area contributed by atoms with Crippen molar-refractivity contribution in [2.75, 3.05) is 0 Å². The van der Waals surface area contributed by atoms with Crippen molar-refractivity contribution < 1.29 is 8.98 Å². The monoisotopic (exact) mass is 226 g/mol. The quantitative estimate of drug-likeness (QED) is 0.596. The molecule has 0 unspecified atom stereocenters. The summed E-state index contributed by atoms with van der Waals surface area (Å²) < 4.78 is 7.67. The molecule has 0 saturated carbocycles. The van der Waals surface area contributed by atoms with Gasteiger partial charge in [0, 0.05) is 6.20 Å². The fourth-order valence-electron chi connectivity index (χ4n) is 1.80. The molecule has 0 amide bonds. The number of pyridine rings is 2. The predicted molar refractivity (Wildman–Crippen MR) is 63.2 cm³/mol. The number of fused-ring (bicyclic) bond motifs is 1. The Balaban J connectivity index is 2.24. The molecule has 0 radical (unpaired) electrons. The molecule has 0 aliphatic rings. The zero-order valence-corrected chi connectivity index (χ0v) is 9.71. The molecule has 17 heavy (non-hydrogen) atoms. The van der Waals surface area contributed by atoms with Crippen molar-refractivity contribution in [1.29, 1.82) is 0 Å². The van der Waals surface area contributed by atoms with Crippen molar-refractivity contribution in [3.8, 4) is 11.6 Å². The molecule has 0 aliphatic heterocycles. The highest BCUT2D eigenvalue weighted by Crippen LogP contribution is 2.18. The Kier molecular flexibility index (Phi) is 2.14. The minimum Gasteiger partial charge on any atom is -0.412 e. The third-order valence-electron chi connectivity index (χ3n) is 2.71. The first kappa shape index (κ1) is 9.96. The molecule has 3 rings (SSSR count). The van der Waals surface area contributed by atoms with Crippen LogP contribution in [0.1, 0.15) is 5.56 Å². The molecule has 84 valence electrons. The summed E-state index contributed by atoms with van der Waals surface area (Å²) in [4.78, 5) is 8.65. The van der Waals surface area contributed by atoms with E-state index in [4.69, 9.17) is 4.42 Å². The van der Waals surface area contributed by atoms with Gasteiger partial charge in [-0.15, -0.1) is 0 Å². The lowest BCUT2D eigenvalue weighted by molar-refractivity contribution is -0.639. The van der Waals surface area contributed by atoms with Crippen LogP contribution in [-0.4, -0.2) is 9.97 Å². The molecule has 0 aliphatic carbocycles. The lowest BCUT2D eigenvalue weighted by Gasteiger charge is -1.95. The van der Waals surface area contributed by atoms with Gasteiger partial charge in [-0.3, -0.25) is 0 Å². The highest BCUT2D eigenvalue weighted by atomic mass is 16.4. The maximum Gasteiger partial charge on any atom is 0.368 e. The minimum atomic E-state index is 0.721. The van der Waals surface area contributed by atoms with Gasteiger partial charge in [-0.25, -0.2) is 4.98 Å². The van der Waals surface area contributed by atoms with Crippen molar-refractivity contribution in [3.05, 3.63) is 42.2 Å². The van der Waals surface area contributed by atoms with E-state index in [0.717, 1.165) is 28.4 Å². The van der Waals surface area contributed by atoms with Crippen LogP contribution in [0.25, 0.3) is 22.8 Å². The fraction of sp³-hybridized carbons (Fsp3) is 0.154. The van der Waals surface area contributed by atoms with Gasteiger partial charge in [-0.1, -0.05) is 6.07 Å². The molecule has 0 aromatic carbocycles. The average molecular weight is 226 g/mol. The van der Waals surface area contributed by atoms with E-state index in [9.17, 15) is 0 Å². The second-order valence-electron chi connectivity index (χ2n) is 4.01. The van der Waals surface area contributed by atoms with Gasteiger partial charge < -0.3 is 4.42 Å². The SMILES string of the molecule is Cc1ccc(-c2oc3cccnc3[n+]2C)nc1. The van der Waals surface area contributed by atoms with Gasteiger partial charge in [0.2, 0.25) is 5.58 Å². The van der Waals surface area contributed by atoms with E-state index in [1.165, 1.54) is 0 Å². The molecule has 0 N–H and O–H groups in total. The average Bonchev–Trinajstić information content (AvgIpc) is 2.69. The van der Waals surface area contributed by atoms with E-state index in [-0.39, 0.29) is 0 Å². The van der Waals surface area contributed by atoms with Gasteiger partial charge >= 0.3 is 11.5 Å². The number of hydrogen-bond acceptors (Lipinski definition) is 3. The van der Waals surface area contributed by atoms with Gasteiger partial charge in [0.05, 0.1) is 7.05 Å². The van der Waals surface area contributed by atoms with Gasteiger partial charge in [-0.05, 0) is 35.7 Å². The summed E-state index contributed by atoms with van der Waals surface area (Å²) >= 11 is 0. The molecule has 3 aromatic heterocycles. The Morgan fingerprint density at radius 1 is 1.18 bits per heavy atom. The third kappa shape index (κ3) is 1.58. The lowest BCUT2D eigenvalue weighted by atomic mass is 10.3. The summed E-state index contributed by atoms with van der Waals surface area (Å²) in [7, 11) is 1.93. The van der Waals surface area contributed by atoms with Crippen LogP contribution in [0, 0.1) is 6.92 Å². The number of rotatable bonds is 1. The lowest BCUT2D eigenvalue weighted by Crippen LogP contribution is -2.29. The van der Waals surface area contributed by atoms with Crippen LogP contribution >= 0.6 is 0 Å². The van der Waals surface area contributed by atoms with E-state index in [0.29, 0.717) is 0 Å². The number of aryl methyl sites for hydroxylation is 2. The van der Waals surface area contributed by atoms with E-state index in [1.54, 1.807) is 6.20 Å². The highest BCUT2D eigenvalue weighted by molar-refractivity contribution is 5.66. The molecule has 4 heteroatoms. The van der Waals surface area contributed by atoms with Crippen LogP contribution in [0.2, 0.25) is 0 Å². The topological polar surface area (TPSA) is 42.8 Å². The molecule has 0 bridgehead atoms. The van der Waals surface area contributed by atoms with Gasteiger partial charge in [0.25, 0.3) is 0 Å². The molecular formula is C13H12N3O+. The maximum absolute atomic E-state index is 5.76. The van der Waals surface area contributed by atoms with Crippen LogP contribution < -0.4 is 4.57 Å². The summed E-state index contributed by atoms with van der Waals surface area (Å²) in [5, 5.41) is 0. The Morgan fingerprint density at radius 2 is 2.06 bits per heavy atom. The maximum atomic E-state index is 5.76. The van der Waals surface area contributed by atoms with Crippen LogP contribution in [0.3, 0.4) is 0 Å². The van der Waals surface area contributed by atoms with Gasteiger partial charge in [-0.2, -0.15) is 4.57 Å². The van der Waals surface area contributed by atoms with Crippen molar-refractivity contribution >= 4 is 11.2 Å². The minimum absolute atomic E-state index is 0.721. The fourth-order valence-corrected chi connectivity index (χ4v) is 1.80. The van der Waals surface area contributed by atoms with Crippen molar-refractivity contribution in [2.45, 2.75) is 6.92 Å². The standard InChI is InChI=1S/C13H12N3O/c1-9-5-6-10(15-8-9)13-16(2)12-11(17-13)4-3-7-14-12/h3-8H,1-2H3/q+1. The molecule has 0 saturated heterocycles. The number of nitrogens with zero attached hydrogens (tertiary/aromatic N) is 3. The summed E-state index contributed by atoms with van der Waals surface area (Å²) in [5.74, 6) is 0.721. The molecule has 4 nitrogen and oxygen atoms in total. The van der Waals surface area contributed by atoms with Crippen LogP contribution in [-0.2, 0) is 7.05 Å². The van der Waals surface area contributed by atoms with Crippen molar-refractivity contribution in [2.24, 2.45) is 7.05 Å². The molecule has 0 spiro atoms. The highest BCUT2D eigenvalue weighted by Gasteiger charge is 2.20. The summed E-state index contributed by atoms with van der Waals surface area (Å²) in [6.07, 6.45) is 3.58. The van der Waals surface area contributed by atoms with E-state index in [1.807, 2.05) is 49.0 Å². The van der Waals surface area contributed by atoms with E-state index in [2.05, 4.69) is 9.97 Å². The largest absolute Gasteiger partial charge is 0.412 e. The molecule has 3 aromatic rings. The Morgan fingerprint density at radius 3 is 2.76 bits per heavy atom. The summed E-state index contributed by atoms with van der Waals surface area (Å²) in [6, 6.07) is 7.73. The predicted octanol–water partition coefficient (Wildman–Crippen LogP) is 2.02. The number of hydrogen-bond donors (Lipinski definition) is 0. The zero-order chi connectivity index (χ0) is 11.8. The Labute approximate surface area is 98.6 Å². The molecular weight excluding hydrogens is 214 g/mol. The van der Waals surface area contributed by atoms with E-state index >= 15 is 0 Å². The van der Waals surface area contributed by atoms with E-state index < -0.39 is 0 Å². The second-order valence-corrected chi connectivity index (χ2v) is 4.01. The van der Waals surface area contributed by atoms with Gasteiger partial charge in [0.1, 0.15) is 11.9 Å². The molecule has 0 atom stereocenters. The van der Waals surface area contributed by atoms with Gasteiger partial charge in [0.15, 0.2) is 0 Å².